The van der Waals surface area contributed by atoms with E-state index in [-0.39, 0.29) is 5.82 Å². The second-order valence-corrected chi connectivity index (χ2v) is 7.49. The van der Waals surface area contributed by atoms with Crippen LogP contribution in [-0.2, 0) is 18.0 Å². The van der Waals surface area contributed by atoms with Gasteiger partial charge in [-0.25, -0.2) is 4.98 Å². The highest BCUT2D eigenvalue weighted by molar-refractivity contribution is 9.10. The fraction of sp³-hybridized carbons (Fsp3) is 0.190. The van der Waals surface area contributed by atoms with Crippen LogP contribution in [0.1, 0.15) is 46.0 Å². The highest BCUT2D eigenvalue weighted by Gasteiger charge is 2.30. The molecular formula is C21H15BrN4O. The molecule has 1 aromatic carbocycles. The minimum atomic E-state index is 0.159. The fourth-order valence-corrected chi connectivity index (χ4v) is 4.18. The Balaban J connectivity index is 1.99. The first-order valence-corrected chi connectivity index (χ1v) is 9.18. The number of ether oxygens (including phenoxy) is 1. The van der Waals surface area contributed by atoms with E-state index in [1.54, 1.807) is 0 Å². The lowest BCUT2D eigenvalue weighted by atomic mass is 9.95. The molecule has 2 N–H and O–H groups in total. The zero-order valence-electron chi connectivity index (χ0n) is 14.9. The molecule has 0 spiro atoms. The van der Waals surface area contributed by atoms with Gasteiger partial charge < -0.3 is 10.5 Å². The Kier molecular flexibility index (Phi) is 4.11. The van der Waals surface area contributed by atoms with E-state index in [0.717, 1.165) is 37.9 Å². The number of hydrogen-bond acceptors (Lipinski definition) is 5. The first-order chi connectivity index (χ1) is 13.0. The lowest BCUT2D eigenvalue weighted by molar-refractivity contribution is 0.134. The third-order valence-electron chi connectivity index (χ3n) is 5.12. The maximum absolute atomic E-state index is 9.65. The molecule has 0 radical (unpaired) electrons. The minimum absolute atomic E-state index is 0.159. The molecule has 0 atom stereocenters. The van der Waals surface area contributed by atoms with Crippen molar-refractivity contribution in [3.05, 3.63) is 61.3 Å². The molecule has 0 amide bonds. The van der Waals surface area contributed by atoms with Crippen LogP contribution in [0, 0.1) is 29.6 Å². The Labute approximate surface area is 165 Å². The molecule has 0 saturated heterocycles. The van der Waals surface area contributed by atoms with Crippen LogP contribution in [0.15, 0.2) is 22.2 Å². The Morgan fingerprint density at radius 2 is 1.89 bits per heavy atom. The maximum atomic E-state index is 9.65. The van der Waals surface area contributed by atoms with Crippen LogP contribution in [0.2, 0.25) is 0 Å². The zero-order valence-corrected chi connectivity index (χ0v) is 16.4. The number of aromatic nitrogens is 1. The number of nitrogens with zero attached hydrogens (tertiary/aromatic N) is 3. The maximum Gasteiger partial charge on any atom is 0.142 e. The number of hydrogen-bond donors (Lipinski definition) is 1. The number of rotatable bonds is 1. The van der Waals surface area contributed by atoms with Crippen molar-refractivity contribution in [3.63, 3.8) is 0 Å². The van der Waals surface area contributed by atoms with Gasteiger partial charge >= 0.3 is 0 Å². The first-order valence-electron chi connectivity index (χ1n) is 8.39. The number of anilines is 1. The molecule has 4 rings (SSSR count). The van der Waals surface area contributed by atoms with Crippen LogP contribution in [0.3, 0.4) is 0 Å². The van der Waals surface area contributed by atoms with E-state index in [9.17, 15) is 10.5 Å². The monoisotopic (exact) mass is 418 g/mol. The van der Waals surface area contributed by atoms with Crippen molar-refractivity contribution in [2.45, 2.75) is 27.1 Å². The lowest BCUT2D eigenvalue weighted by Crippen LogP contribution is -2.03. The normalized spacial score (nSPS) is 16.3. The summed E-state index contributed by atoms with van der Waals surface area (Å²) in [6.45, 7) is 4.98. The smallest absolute Gasteiger partial charge is 0.142 e. The van der Waals surface area contributed by atoms with E-state index in [1.807, 2.05) is 19.9 Å². The second-order valence-electron chi connectivity index (χ2n) is 6.64. The molecule has 1 aliphatic heterocycles. The van der Waals surface area contributed by atoms with Crippen LogP contribution < -0.4 is 5.73 Å². The fourth-order valence-electron chi connectivity index (χ4n) is 3.68. The van der Waals surface area contributed by atoms with Gasteiger partial charge in [0.05, 0.1) is 30.0 Å². The predicted octanol–water partition coefficient (Wildman–Crippen LogP) is 4.49. The Morgan fingerprint density at radius 1 is 1.19 bits per heavy atom. The van der Waals surface area contributed by atoms with Crippen LogP contribution in [-0.4, -0.2) is 4.98 Å². The van der Waals surface area contributed by atoms with Crippen LogP contribution in [0.25, 0.3) is 17.2 Å². The van der Waals surface area contributed by atoms with Gasteiger partial charge in [-0.15, -0.1) is 0 Å². The van der Waals surface area contributed by atoms with Gasteiger partial charge in [-0.3, -0.25) is 0 Å². The molecule has 132 valence electrons. The average molecular weight is 419 g/mol. The number of fused-ring (bicyclic) bond motifs is 2. The molecule has 1 aromatic heterocycles. The molecule has 5 nitrogen and oxygen atoms in total. The highest BCUT2D eigenvalue weighted by atomic mass is 79.9. The zero-order chi connectivity index (χ0) is 19.3. The third-order valence-corrected chi connectivity index (χ3v) is 5.80. The van der Waals surface area contributed by atoms with Gasteiger partial charge in [0.15, 0.2) is 0 Å². The van der Waals surface area contributed by atoms with Gasteiger partial charge in [0.1, 0.15) is 18.0 Å². The first kappa shape index (κ1) is 17.5. The van der Waals surface area contributed by atoms with E-state index >= 15 is 0 Å². The van der Waals surface area contributed by atoms with Crippen LogP contribution in [0.4, 0.5) is 5.82 Å². The highest BCUT2D eigenvalue weighted by Crippen LogP contribution is 2.44. The molecule has 2 aliphatic rings. The van der Waals surface area contributed by atoms with Crippen molar-refractivity contribution in [2.24, 2.45) is 0 Å². The van der Waals surface area contributed by atoms with Crippen LogP contribution >= 0.6 is 15.9 Å². The molecule has 0 saturated carbocycles. The molecule has 27 heavy (non-hydrogen) atoms. The molecule has 0 bridgehead atoms. The quantitative estimate of drug-likeness (QED) is 0.735. The van der Waals surface area contributed by atoms with Crippen molar-refractivity contribution in [1.29, 1.82) is 10.5 Å². The summed E-state index contributed by atoms with van der Waals surface area (Å²) in [5, 5.41) is 19.1. The van der Waals surface area contributed by atoms with E-state index in [0.29, 0.717) is 30.0 Å². The number of benzene rings is 1. The van der Waals surface area contributed by atoms with Gasteiger partial charge in [-0.1, -0.05) is 15.9 Å². The standard InChI is InChI=1S/C21H15BrN4O/c1-10-15(4-12-3-13-8-27-9-14(13)5-18(12)22)19-11(2)17(7-24)21(25)26-20(19)16(10)6-23/h3-5H,8-9H2,1-2H3,(H2,25,26)/b15-4-. The molecule has 6 heteroatoms. The number of halogens is 1. The summed E-state index contributed by atoms with van der Waals surface area (Å²) >= 11 is 3.64. The summed E-state index contributed by atoms with van der Waals surface area (Å²) in [4.78, 5) is 4.36. The summed E-state index contributed by atoms with van der Waals surface area (Å²) in [5.41, 5.74) is 14.0. The Morgan fingerprint density at radius 3 is 2.56 bits per heavy atom. The van der Waals surface area contributed by atoms with E-state index < -0.39 is 0 Å². The van der Waals surface area contributed by atoms with Gasteiger partial charge in [0.2, 0.25) is 0 Å². The van der Waals surface area contributed by atoms with E-state index in [4.69, 9.17) is 10.5 Å². The van der Waals surface area contributed by atoms with Crippen molar-refractivity contribution < 1.29 is 4.74 Å². The summed E-state index contributed by atoms with van der Waals surface area (Å²) < 4.78 is 6.47. The molecule has 2 heterocycles. The summed E-state index contributed by atoms with van der Waals surface area (Å²) in [6.07, 6.45) is 2.03. The number of allylic oxidation sites excluding steroid dienone is 3. The molecule has 2 aromatic rings. The van der Waals surface area contributed by atoms with E-state index in [2.05, 4.69) is 45.2 Å². The SMILES string of the molecule is CC1=C(C#N)c2nc(N)c(C#N)c(C)c2/C1=C\c1cc2c(cc1Br)COC2. The molecular weight excluding hydrogens is 404 g/mol. The summed E-state index contributed by atoms with van der Waals surface area (Å²) in [7, 11) is 0. The van der Waals surface area contributed by atoms with Gasteiger partial charge in [-0.2, -0.15) is 10.5 Å². The number of nitriles is 2. The Hall–Kier alpha value is -2.93. The topological polar surface area (TPSA) is 95.7 Å². The van der Waals surface area contributed by atoms with Crippen molar-refractivity contribution in [2.75, 3.05) is 5.73 Å². The van der Waals surface area contributed by atoms with Crippen LogP contribution in [0.5, 0.6) is 0 Å². The number of nitrogens with two attached hydrogens (primary N) is 1. The Bertz CT molecular complexity index is 1160. The minimum Gasteiger partial charge on any atom is -0.383 e. The summed E-state index contributed by atoms with van der Waals surface area (Å²) in [6, 6.07) is 8.54. The van der Waals surface area contributed by atoms with Crippen molar-refractivity contribution >= 4 is 39.0 Å². The molecule has 0 unspecified atom stereocenters. The van der Waals surface area contributed by atoms with Gasteiger partial charge in [-0.05, 0) is 65.5 Å². The second kappa shape index (κ2) is 6.35. The molecule has 0 fully saturated rings. The van der Waals surface area contributed by atoms with E-state index in [1.165, 1.54) is 5.56 Å². The number of nitrogen functional groups attached to an aromatic ring is 1. The van der Waals surface area contributed by atoms with Crippen molar-refractivity contribution in [3.8, 4) is 12.1 Å². The van der Waals surface area contributed by atoms with Crippen molar-refractivity contribution in [1.82, 2.24) is 4.98 Å². The van der Waals surface area contributed by atoms with Gasteiger partial charge in [0, 0.05) is 10.0 Å². The lowest BCUT2D eigenvalue weighted by Gasteiger charge is -2.12. The number of pyridine rings is 1. The third kappa shape index (κ3) is 2.57. The van der Waals surface area contributed by atoms with Gasteiger partial charge in [0.25, 0.3) is 0 Å². The largest absolute Gasteiger partial charge is 0.383 e. The summed E-state index contributed by atoms with van der Waals surface area (Å²) in [5.74, 6) is 0.159. The average Bonchev–Trinajstić information content (AvgIpc) is 3.18. The molecule has 1 aliphatic carbocycles. The predicted molar refractivity (Wildman–Crippen MR) is 107 cm³/mol.